The number of carbonyl (C=O) groups is 1. The number of halogens is 1. The van der Waals surface area contributed by atoms with Crippen molar-refractivity contribution in [2.75, 3.05) is 30.7 Å². The average Bonchev–Trinajstić information content (AvgIpc) is 2.79. The second-order valence-electron chi connectivity index (χ2n) is 5.54. The van der Waals surface area contributed by atoms with Crippen molar-refractivity contribution in [3.8, 4) is 0 Å². The number of benzodiazepines with no additional fused rings is 1. The van der Waals surface area contributed by atoms with Crippen molar-refractivity contribution < 1.29 is 14.5 Å². The SMILES string of the molecule is O=C1CN=C(c2ccccc2)c2cc([N+](=O)[O-])ccc2N1COCCCl. The molecule has 0 saturated heterocycles. The van der Waals surface area contributed by atoms with Gasteiger partial charge in [-0.2, -0.15) is 0 Å². The van der Waals surface area contributed by atoms with Crippen molar-refractivity contribution in [2.45, 2.75) is 0 Å². The Morgan fingerprint density at radius 2 is 2.00 bits per heavy atom. The van der Waals surface area contributed by atoms with Crippen LogP contribution in [0, 0.1) is 10.1 Å². The fourth-order valence-electron chi connectivity index (χ4n) is 2.71. The van der Waals surface area contributed by atoms with E-state index in [0.29, 0.717) is 29.4 Å². The Morgan fingerprint density at radius 1 is 1.23 bits per heavy atom. The van der Waals surface area contributed by atoms with Crippen LogP contribution in [0.15, 0.2) is 53.5 Å². The molecule has 8 heteroatoms. The number of aliphatic imine (C=N–C) groups is 1. The quantitative estimate of drug-likeness (QED) is 0.337. The molecule has 3 rings (SSSR count). The smallest absolute Gasteiger partial charge is 0.270 e. The molecular formula is C18H16ClN3O4. The van der Waals surface area contributed by atoms with E-state index in [1.54, 1.807) is 6.07 Å². The molecule has 0 unspecified atom stereocenters. The van der Waals surface area contributed by atoms with E-state index >= 15 is 0 Å². The number of nitrogens with zero attached hydrogens (tertiary/aromatic N) is 3. The first kappa shape index (κ1) is 18.0. The van der Waals surface area contributed by atoms with Crippen molar-refractivity contribution in [3.63, 3.8) is 0 Å². The molecule has 0 radical (unpaired) electrons. The number of hydrogen-bond donors (Lipinski definition) is 0. The summed E-state index contributed by atoms with van der Waals surface area (Å²) in [5.41, 5.74) is 2.30. The van der Waals surface area contributed by atoms with Crippen molar-refractivity contribution >= 4 is 34.6 Å². The lowest BCUT2D eigenvalue weighted by atomic mass is 9.99. The standard InChI is InChI=1S/C18H16ClN3O4/c19-8-9-26-12-21-16-7-6-14(22(24)25)10-15(16)18(20-11-17(21)23)13-4-2-1-3-5-13/h1-7,10H,8-9,11-12H2. The molecule has 0 fully saturated rings. The number of nitro benzene ring substituents is 1. The van der Waals surface area contributed by atoms with Crippen LogP contribution < -0.4 is 4.90 Å². The maximum absolute atomic E-state index is 12.5. The van der Waals surface area contributed by atoms with Crippen molar-refractivity contribution in [1.82, 2.24) is 0 Å². The lowest BCUT2D eigenvalue weighted by molar-refractivity contribution is -0.384. The van der Waals surface area contributed by atoms with Crippen LogP contribution in [0.2, 0.25) is 0 Å². The number of benzene rings is 2. The lowest BCUT2D eigenvalue weighted by Gasteiger charge is -2.22. The van der Waals surface area contributed by atoms with Crippen LogP contribution in [0.1, 0.15) is 11.1 Å². The molecule has 0 aromatic heterocycles. The van der Waals surface area contributed by atoms with Gasteiger partial charge in [-0.3, -0.25) is 24.8 Å². The zero-order valence-electron chi connectivity index (χ0n) is 13.8. The van der Waals surface area contributed by atoms with Gasteiger partial charge in [0.2, 0.25) is 0 Å². The van der Waals surface area contributed by atoms with E-state index in [4.69, 9.17) is 16.3 Å². The summed E-state index contributed by atoms with van der Waals surface area (Å²) in [6.07, 6.45) is 0. The van der Waals surface area contributed by atoms with Gasteiger partial charge in [0.05, 0.1) is 22.9 Å². The zero-order chi connectivity index (χ0) is 18.5. The minimum atomic E-state index is -0.468. The molecule has 1 amide bonds. The van der Waals surface area contributed by atoms with Crippen molar-refractivity contribution in [1.29, 1.82) is 0 Å². The highest BCUT2D eigenvalue weighted by atomic mass is 35.5. The molecule has 0 spiro atoms. The third-order valence-corrected chi connectivity index (χ3v) is 4.05. The van der Waals surface area contributed by atoms with Crippen LogP contribution in [0.3, 0.4) is 0 Å². The van der Waals surface area contributed by atoms with Crippen LogP contribution in [0.5, 0.6) is 0 Å². The van der Waals surface area contributed by atoms with Gasteiger partial charge < -0.3 is 4.74 Å². The first-order valence-electron chi connectivity index (χ1n) is 7.94. The Morgan fingerprint density at radius 3 is 2.69 bits per heavy atom. The second-order valence-corrected chi connectivity index (χ2v) is 5.92. The number of non-ortho nitro benzene ring substituents is 1. The highest BCUT2D eigenvalue weighted by molar-refractivity contribution is 6.20. The zero-order valence-corrected chi connectivity index (χ0v) is 14.6. The van der Waals surface area contributed by atoms with E-state index in [-0.39, 0.29) is 24.9 Å². The van der Waals surface area contributed by atoms with Gasteiger partial charge >= 0.3 is 0 Å². The van der Waals surface area contributed by atoms with Crippen LogP contribution in [-0.2, 0) is 9.53 Å². The van der Waals surface area contributed by atoms with Gasteiger partial charge in [0.15, 0.2) is 0 Å². The Balaban J connectivity index is 2.11. The fraction of sp³-hybridized carbons (Fsp3) is 0.222. The number of hydrogen-bond acceptors (Lipinski definition) is 5. The number of fused-ring (bicyclic) bond motifs is 1. The maximum atomic E-state index is 12.5. The normalized spacial score (nSPS) is 13.8. The predicted octanol–water partition coefficient (Wildman–Crippen LogP) is 2.99. The Hall–Kier alpha value is -2.77. The first-order chi connectivity index (χ1) is 12.6. The van der Waals surface area contributed by atoms with Gasteiger partial charge in [0.1, 0.15) is 13.3 Å². The fourth-order valence-corrected chi connectivity index (χ4v) is 2.82. The van der Waals surface area contributed by atoms with Crippen LogP contribution in [0.4, 0.5) is 11.4 Å². The minimum Gasteiger partial charge on any atom is -0.359 e. The summed E-state index contributed by atoms with van der Waals surface area (Å²) in [5.74, 6) is 0.0570. The molecule has 0 aliphatic carbocycles. The molecule has 1 aliphatic rings. The van der Waals surface area contributed by atoms with Crippen LogP contribution in [-0.4, -0.2) is 42.3 Å². The van der Waals surface area contributed by atoms with E-state index in [0.717, 1.165) is 5.56 Å². The number of rotatable bonds is 6. The summed E-state index contributed by atoms with van der Waals surface area (Å²) < 4.78 is 5.41. The molecule has 0 saturated carbocycles. The Kier molecular flexibility index (Phi) is 5.60. The molecule has 26 heavy (non-hydrogen) atoms. The molecule has 2 aromatic carbocycles. The third kappa shape index (κ3) is 3.74. The number of ether oxygens (including phenoxy) is 1. The molecule has 0 N–H and O–H groups in total. The van der Waals surface area contributed by atoms with Gasteiger partial charge in [-0.25, -0.2) is 0 Å². The number of nitro groups is 1. The molecule has 0 bridgehead atoms. The molecule has 0 atom stereocenters. The van der Waals surface area contributed by atoms with E-state index < -0.39 is 4.92 Å². The summed E-state index contributed by atoms with van der Waals surface area (Å²) in [4.78, 5) is 29.1. The van der Waals surface area contributed by atoms with Gasteiger partial charge in [0, 0.05) is 29.1 Å². The Bertz CT molecular complexity index is 855. The predicted molar refractivity (Wildman–Crippen MR) is 99.1 cm³/mol. The molecule has 134 valence electrons. The van der Waals surface area contributed by atoms with E-state index in [9.17, 15) is 14.9 Å². The first-order valence-corrected chi connectivity index (χ1v) is 8.48. The van der Waals surface area contributed by atoms with Gasteiger partial charge in [0.25, 0.3) is 11.6 Å². The molecule has 1 aliphatic heterocycles. The molecular weight excluding hydrogens is 358 g/mol. The van der Waals surface area contributed by atoms with Crippen molar-refractivity contribution in [2.24, 2.45) is 4.99 Å². The highest BCUT2D eigenvalue weighted by Gasteiger charge is 2.27. The molecule has 1 heterocycles. The van der Waals surface area contributed by atoms with Crippen molar-refractivity contribution in [3.05, 3.63) is 69.8 Å². The molecule has 2 aromatic rings. The number of alkyl halides is 1. The topological polar surface area (TPSA) is 85.0 Å². The largest absolute Gasteiger partial charge is 0.359 e. The maximum Gasteiger partial charge on any atom is 0.270 e. The van der Waals surface area contributed by atoms with Gasteiger partial charge in [-0.05, 0) is 6.07 Å². The van der Waals surface area contributed by atoms with Crippen LogP contribution >= 0.6 is 11.6 Å². The number of anilines is 1. The second kappa shape index (κ2) is 8.07. The van der Waals surface area contributed by atoms with Gasteiger partial charge in [-0.15, -0.1) is 11.6 Å². The molecule has 7 nitrogen and oxygen atoms in total. The number of amides is 1. The van der Waals surface area contributed by atoms with Gasteiger partial charge in [-0.1, -0.05) is 30.3 Å². The minimum absolute atomic E-state index is 0.00789. The van der Waals surface area contributed by atoms with E-state index in [1.165, 1.54) is 17.0 Å². The highest BCUT2D eigenvalue weighted by Crippen LogP contribution is 2.30. The Labute approximate surface area is 155 Å². The summed E-state index contributed by atoms with van der Waals surface area (Å²) in [7, 11) is 0. The summed E-state index contributed by atoms with van der Waals surface area (Å²) in [6, 6.07) is 13.6. The van der Waals surface area contributed by atoms with E-state index in [1.807, 2.05) is 30.3 Å². The van der Waals surface area contributed by atoms with Crippen LogP contribution in [0.25, 0.3) is 0 Å². The average molecular weight is 374 g/mol. The van der Waals surface area contributed by atoms with E-state index in [2.05, 4.69) is 4.99 Å². The number of carbonyl (C=O) groups excluding carboxylic acids is 1. The summed E-state index contributed by atoms with van der Waals surface area (Å²) in [5, 5.41) is 11.2. The third-order valence-electron chi connectivity index (χ3n) is 3.90. The lowest BCUT2D eigenvalue weighted by Crippen LogP contribution is -2.35. The summed E-state index contributed by atoms with van der Waals surface area (Å²) >= 11 is 5.62. The monoisotopic (exact) mass is 373 g/mol. The summed E-state index contributed by atoms with van der Waals surface area (Å²) in [6.45, 7) is 0.227.